The molecule has 2 N–H and O–H groups in total. The Labute approximate surface area is 178 Å². The summed E-state index contributed by atoms with van der Waals surface area (Å²) in [7, 11) is 0. The second kappa shape index (κ2) is 10.4. The Hall–Kier alpha value is -3.14. The highest BCUT2D eigenvalue weighted by atomic mass is 35.5. The molecular weight excluding hydrogens is 406 g/mol. The van der Waals surface area contributed by atoms with Crippen molar-refractivity contribution < 1.29 is 9.53 Å². The summed E-state index contributed by atoms with van der Waals surface area (Å²) >= 11 is 7.48. The average molecular weight is 424 g/mol. The number of nitrogens with zero attached hydrogens (tertiary/aromatic N) is 1. The van der Waals surface area contributed by atoms with Crippen molar-refractivity contribution in [2.45, 2.75) is 4.90 Å². The Kier molecular flexibility index (Phi) is 7.40. The number of thioether (sulfide) groups is 1. The summed E-state index contributed by atoms with van der Waals surface area (Å²) < 4.78 is 5.89. The minimum atomic E-state index is -0.222. The zero-order chi connectivity index (χ0) is 20.5. The first-order chi connectivity index (χ1) is 14.2. The minimum Gasteiger partial charge on any atom is -0.455 e. The fourth-order valence-electron chi connectivity index (χ4n) is 2.52. The monoisotopic (exact) mass is 423 g/mol. The van der Waals surface area contributed by atoms with E-state index >= 15 is 0 Å². The molecule has 7 heteroatoms. The van der Waals surface area contributed by atoms with Gasteiger partial charge in [0.1, 0.15) is 5.75 Å². The lowest BCUT2D eigenvalue weighted by Gasteiger charge is -2.14. The second-order valence-electron chi connectivity index (χ2n) is 5.90. The van der Waals surface area contributed by atoms with Gasteiger partial charge in [0.2, 0.25) is 5.91 Å². The Bertz CT molecular complexity index is 1020. The van der Waals surface area contributed by atoms with Crippen LogP contribution in [0.3, 0.4) is 0 Å². The molecule has 146 valence electrons. The van der Waals surface area contributed by atoms with Crippen LogP contribution < -0.4 is 15.4 Å². The molecular formula is C22H18ClN3O2S. The number of anilines is 2. The van der Waals surface area contributed by atoms with E-state index in [0.29, 0.717) is 33.6 Å². The van der Waals surface area contributed by atoms with Gasteiger partial charge in [-0.05, 0) is 42.5 Å². The molecule has 3 rings (SSSR count). The van der Waals surface area contributed by atoms with Crippen molar-refractivity contribution in [1.29, 1.82) is 5.26 Å². The van der Waals surface area contributed by atoms with Crippen LogP contribution >= 0.6 is 23.4 Å². The van der Waals surface area contributed by atoms with Gasteiger partial charge in [0.05, 0.1) is 29.7 Å². The molecule has 0 saturated carbocycles. The van der Waals surface area contributed by atoms with Crippen LogP contribution in [0.5, 0.6) is 11.5 Å². The molecule has 1 amide bonds. The van der Waals surface area contributed by atoms with Crippen LogP contribution in [0, 0.1) is 11.3 Å². The normalized spacial score (nSPS) is 10.1. The molecule has 0 heterocycles. The summed E-state index contributed by atoms with van der Waals surface area (Å²) in [5, 5.41) is 15.3. The number of halogens is 1. The van der Waals surface area contributed by atoms with Crippen LogP contribution in [0.15, 0.2) is 77.7 Å². The van der Waals surface area contributed by atoms with Gasteiger partial charge >= 0.3 is 0 Å². The van der Waals surface area contributed by atoms with Gasteiger partial charge in [-0.25, -0.2) is 0 Å². The molecule has 0 aliphatic carbocycles. The molecule has 0 radical (unpaired) electrons. The molecule has 0 bridgehead atoms. The van der Waals surface area contributed by atoms with Crippen molar-refractivity contribution in [2.75, 3.05) is 22.9 Å². The van der Waals surface area contributed by atoms with Gasteiger partial charge < -0.3 is 15.4 Å². The largest absolute Gasteiger partial charge is 0.455 e. The van der Waals surface area contributed by atoms with E-state index in [2.05, 4.69) is 16.7 Å². The lowest BCUT2D eigenvalue weighted by Crippen LogP contribution is -2.22. The van der Waals surface area contributed by atoms with Crippen LogP contribution in [0.1, 0.15) is 0 Å². The Morgan fingerprint density at radius 2 is 1.79 bits per heavy atom. The predicted molar refractivity (Wildman–Crippen MR) is 118 cm³/mol. The Morgan fingerprint density at radius 3 is 2.59 bits per heavy atom. The van der Waals surface area contributed by atoms with Crippen LogP contribution in [-0.4, -0.2) is 18.2 Å². The number of carbonyl (C=O) groups excluding carboxylic acids is 1. The van der Waals surface area contributed by atoms with Gasteiger partial charge in [-0.2, -0.15) is 5.26 Å². The van der Waals surface area contributed by atoms with Crippen molar-refractivity contribution in [2.24, 2.45) is 0 Å². The first-order valence-electron chi connectivity index (χ1n) is 8.80. The molecule has 3 aromatic rings. The van der Waals surface area contributed by atoms with E-state index in [9.17, 15) is 4.79 Å². The van der Waals surface area contributed by atoms with Crippen LogP contribution in [0.25, 0.3) is 0 Å². The summed E-state index contributed by atoms with van der Waals surface area (Å²) in [6, 6.07) is 24.0. The van der Waals surface area contributed by atoms with E-state index in [1.807, 2.05) is 48.5 Å². The highest BCUT2D eigenvalue weighted by Crippen LogP contribution is 2.32. The number of para-hydroxylation sites is 2. The number of hydrogen-bond donors (Lipinski definition) is 2. The third kappa shape index (κ3) is 6.18. The van der Waals surface area contributed by atoms with E-state index < -0.39 is 0 Å². The quantitative estimate of drug-likeness (QED) is 0.448. The predicted octanol–water partition coefficient (Wildman–Crippen LogP) is 5.80. The maximum absolute atomic E-state index is 12.4. The number of nitrogens with one attached hydrogen (secondary N) is 2. The van der Waals surface area contributed by atoms with Crippen LogP contribution in [-0.2, 0) is 4.79 Å². The zero-order valence-electron chi connectivity index (χ0n) is 15.4. The molecule has 0 aliphatic heterocycles. The zero-order valence-corrected chi connectivity index (χ0v) is 17.0. The lowest BCUT2D eigenvalue weighted by molar-refractivity contribution is -0.114. The first-order valence-corrected chi connectivity index (χ1v) is 10.2. The van der Waals surface area contributed by atoms with Crippen molar-refractivity contribution >= 4 is 40.6 Å². The number of benzene rings is 3. The average Bonchev–Trinajstić information content (AvgIpc) is 2.74. The molecule has 0 unspecified atom stereocenters. The van der Waals surface area contributed by atoms with Crippen molar-refractivity contribution in [1.82, 2.24) is 0 Å². The Balaban J connectivity index is 1.66. The molecule has 0 aromatic heterocycles. The van der Waals surface area contributed by atoms with Gasteiger partial charge in [-0.1, -0.05) is 41.9 Å². The summed E-state index contributed by atoms with van der Waals surface area (Å²) in [5.41, 5.74) is 1.29. The van der Waals surface area contributed by atoms with E-state index in [0.717, 1.165) is 4.90 Å². The highest BCUT2D eigenvalue weighted by molar-refractivity contribution is 7.99. The van der Waals surface area contributed by atoms with E-state index in [1.165, 1.54) is 11.8 Å². The van der Waals surface area contributed by atoms with Gasteiger partial charge in [0, 0.05) is 9.92 Å². The van der Waals surface area contributed by atoms with E-state index in [4.69, 9.17) is 21.6 Å². The van der Waals surface area contributed by atoms with Crippen LogP contribution in [0.2, 0.25) is 5.02 Å². The number of ether oxygens (including phenoxy) is 1. The van der Waals surface area contributed by atoms with Gasteiger partial charge in [-0.3, -0.25) is 4.79 Å². The summed E-state index contributed by atoms with van der Waals surface area (Å²) in [6.45, 7) is 0.0305. The molecule has 5 nitrogen and oxygen atoms in total. The van der Waals surface area contributed by atoms with Crippen molar-refractivity contribution in [3.8, 4) is 17.6 Å². The van der Waals surface area contributed by atoms with E-state index in [-0.39, 0.29) is 12.5 Å². The first kappa shape index (κ1) is 20.6. The van der Waals surface area contributed by atoms with Gasteiger partial charge in [0.25, 0.3) is 0 Å². The maximum Gasteiger partial charge on any atom is 0.243 e. The second-order valence-corrected chi connectivity index (χ2v) is 7.35. The van der Waals surface area contributed by atoms with Gasteiger partial charge in [-0.15, -0.1) is 11.8 Å². The molecule has 0 fully saturated rings. The van der Waals surface area contributed by atoms with Crippen LogP contribution in [0.4, 0.5) is 11.4 Å². The highest BCUT2D eigenvalue weighted by Gasteiger charge is 2.10. The number of nitriles is 1. The fraction of sp³-hybridized carbons (Fsp3) is 0.0909. The van der Waals surface area contributed by atoms with Gasteiger partial charge in [0.15, 0.2) is 5.75 Å². The molecule has 29 heavy (non-hydrogen) atoms. The smallest absolute Gasteiger partial charge is 0.243 e. The third-order valence-corrected chi connectivity index (χ3v) is 4.98. The van der Waals surface area contributed by atoms with Crippen molar-refractivity contribution in [3.63, 3.8) is 0 Å². The Morgan fingerprint density at radius 1 is 1.03 bits per heavy atom. The minimum absolute atomic E-state index is 0.0305. The number of hydrogen-bond acceptors (Lipinski definition) is 5. The van der Waals surface area contributed by atoms with Crippen molar-refractivity contribution in [3.05, 3.63) is 77.8 Å². The molecule has 0 aliphatic rings. The topological polar surface area (TPSA) is 74.2 Å². The fourth-order valence-corrected chi connectivity index (χ4v) is 3.36. The molecule has 3 aromatic carbocycles. The number of amides is 1. The summed E-state index contributed by atoms with van der Waals surface area (Å²) in [5.74, 6) is 1.35. The number of rotatable bonds is 8. The molecule has 0 atom stereocenters. The third-order valence-electron chi connectivity index (χ3n) is 3.81. The molecule has 0 spiro atoms. The number of carbonyl (C=O) groups is 1. The standard InChI is InChI=1S/C22H18ClN3O2S/c23-16-10-11-20(28-17-6-2-1-3-7-17)19(14-16)25-15-22(27)26-18-8-4-5-9-21(18)29-13-12-24/h1-11,14,25H,13,15H2,(H,26,27). The summed E-state index contributed by atoms with van der Waals surface area (Å²) in [6.07, 6.45) is 0. The summed E-state index contributed by atoms with van der Waals surface area (Å²) in [4.78, 5) is 13.3. The lowest BCUT2D eigenvalue weighted by atomic mass is 10.2. The van der Waals surface area contributed by atoms with E-state index in [1.54, 1.807) is 24.3 Å². The SMILES string of the molecule is N#CCSc1ccccc1NC(=O)CNc1cc(Cl)ccc1Oc1ccccc1. The maximum atomic E-state index is 12.4. The molecule has 0 saturated heterocycles.